The molecule has 26 heavy (non-hydrogen) atoms. The molecule has 1 aromatic rings. The van der Waals surface area contributed by atoms with E-state index in [4.69, 9.17) is 4.74 Å². The van der Waals surface area contributed by atoms with Gasteiger partial charge in [0.1, 0.15) is 0 Å². The molecule has 1 saturated carbocycles. The first kappa shape index (κ1) is 20.0. The van der Waals surface area contributed by atoms with Gasteiger partial charge in [0, 0.05) is 12.1 Å². The lowest BCUT2D eigenvalue weighted by Crippen LogP contribution is -2.42. The van der Waals surface area contributed by atoms with Gasteiger partial charge < -0.3 is 10.1 Å². The molecule has 0 saturated heterocycles. The Morgan fingerprint density at radius 3 is 2.46 bits per heavy atom. The fraction of sp³-hybridized carbons (Fsp3) is 0.474. The predicted octanol–water partition coefficient (Wildman–Crippen LogP) is 3.96. The quantitative estimate of drug-likeness (QED) is 0.631. The van der Waals surface area contributed by atoms with Crippen molar-refractivity contribution in [3.8, 4) is 0 Å². The maximum Gasteiger partial charge on any atom is 0.416 e. The fourth-order valence-corrected chi connectivity index (χ4v) is 2.91. The first-order valence-electron chi connectivity index (χ1n) is 8.57. The minimum Gasteiger partial charge on any atom is -0.452 e. The van der Waals surface area contributed by atoms with Crippen molar-refractivity contribution >= 4 is 18.0 Å². The maximum atomic E-state index is 12.5. The molecular weight excluding hydrogens is 347 g/mol. The Bertz CT molecular complexity index is 653. The second-order valence-corrected chi connectivity index (χ2v) is 6.50. The van der Waals surface area contributed by atoms with Crippen LogP contribution in [0.25, 0.3) is 6.08 Å². The first-order chi connectivity index (χ1) is 12.3. The summed E-state index contributed by atoms with van der Waals surface area (Å²) in [5.74, 6) is -0.667. The molecular formula is C19H22F3NO3. The van der Waals surface area contributed by atoms with Crippen molar-refractivity contribution in [2.45, 2.75) is 44.8 Å². The summed E-state index contributed by atoms with van der Waals surface area (Å²) in [5.41, 5.74) is -0.332. The molecule has 142 valence electrons. The van der Waals surface area contributed by atoms with Gasteiger partial charge in [-0.3, -0.25) is 4.79 Å². The molecule has 7 heteroatoms. The molecule has 1 N–H and O–H groups in total. The minimum atomic E-state index is -4.40. The molecule has 0 bridgehead atoms. The Balaban J connectivity index is 1.77. The van der Waals surface area contributed by atoms with E-state index in [1.54, 1.807) is 0 Å². The number of carbonyl (C=O) groups is 2. The van der Waals surface area contributed by atoms with E-state index < -0.39 is 17.7 Å². The lowest BCUT2D eigenvalue weighted by atomic mass is 9.86. The van der Waals surface area contributed by atoms with Gasteiger partial charge in [0.05, 0.1) is 5.56 Å². The highest BCUT2D eigenvalue weighted by Crippen LogP contribution is 2.29. The lowest BCUT2D eigenvalue weighted by molar-refractivity contribution is -0.144. The molecule has 1 fully saturated rings. The zero-order valence-corrected chi connectivity index (χ0v) is 14.5. The number of nitrogens with one attached hydrogen (secondary N) is 1. The van der Waals surface area contributed by atoms with Crippen molar-refractivity contribution in [2.75, 3.05) is 6.61 Å². The van der Waals surface area contributed by atoms with Crippen molar-refractivity contribution in [3.63, 3.8) is 0 Å². The zero-order valence-electron chi connectivity index (χ0n) is 14.5. The Morgan fingerprint density at radius 2 is 1.85 bits per heavy atom. The van der Waals surface area contributed by atoms with E-state index in [0.29, 0.717) is 11.5 Å². The third-order valence-electron chi connectivity index (χ3n) is 4.45. The van der Waals surface area contributed by atoms with Crippen LogP contribution in [0, 0.1) is 5.92 Å². The second-order valence-electron chi connectivity index (χ2n) is 6.50. The summed E-state index contributed by atoms with van der Waals surface area (Å²) in [7, 11) is 0. The van der Waals surface area contributed by atoms with Gasteiger partial charge in [0.15, 0.2) is 6.61 Å². The topological polar surface area (TPSA) is 55.4 Å². The van der Waals surface area contributed by atoms with Crippen molar-refractivity contribution in [1.82, 2.24) is 5.32 Å². The average Bonchev–Trinajstić information content (AvgIpc) is 2.60. The van der Waals surface area contributed by atoms with Crippen LogP contribution in [-0.4, -0.2) is 24.5 Å². The van der Waals surface area contributed by atoms with Gasteiger partial charge >= 0.3 is 12.1 Å². The Hall–Kier alpha value is -2.31. The third-order valence-corrected chi connectivity index (χ3v) is 4.45. The largest absolute Gasteiger partial charge is 0.452 e. The normalized spacial score (nSPS) is 20.8. The molecule has 0 spiro atoms. The molecule has 1 amide bonds. The van der Waals surface area contributed by atoms with E-state index in [-0.39, 0.29) is 18.6 Å². The number of alkyl halides is 3. The van der Waals surface area contributed by atoms with Gasteiger partial charge in [-0.2, -0.15) is 13.2 Å². The van der Waals surface area contributed by atoms with Gasteiger partial charge in [-0.25, -0.2) is 4.79 Å². The number of rotatable bonds is 5. The molecule has 0 radical (unpaired) electrons. The van der Waals surface area contributed by atoms with Crippen molar-refractivity contribution in [1.29, 1.82) is 0 Å². The maximum absolute atomic E-state index is 12.5. The molecule has 0 aromatic heterocycles. The number of carbonyl (C=O) groups excluding carboxylic acids is 2. The summed E-state index contributed by atoms with van der Waals surface area (Å²) in [5, 5.41) is 2.87. The van der Waals surface area contributed by atoms with E-state index in [0.717, 1.165) is 43.9 Å². The predicted molar refractivity (Wildman–Crippen MR) is 91.0 cm³/mol. The van der Waals surface area contributed by atoms with Crippen molar-refractivity contribution in [2.24, 2.45) is 5.92 Å². The highest BCUT2D eigenvalue weighted by atomic mass is 19.4. The number of amides is 1. The van der Waals surface area contributed by atoms with Gasteiger partial charge in [-0.1, -0.05) is 31.9 Å². The summed E-state index contributed by atoms with van der Waals surface area (Å²) < 4.78 is 42.3. The average molecular weight is 369 g/mol. The molecule has 2 rings (SSSR count). The number of ether oxygens (including phenoxy) is 1. The lowest BCUT2D eigenvalue weighted by Gasteiger charge is -2.29. The smallest absolute Gasteiger partial charge is 0.416 e. The molecule has 1 aliphatic rings. The van der Waals surface area contributed by atoms with Crippen LogP contribution in [0.1, 0.15) is 43.7 Å². The van der Waals surface area contributed by atoms with E-state index in [1.807, 2.05) is 0 Å². The molecule has 1 aliphatic carbocycles. The first-order valence-corrected chi connectivity index (χ1v) is 8.57. The number of esters is 1. The molecule has 4 nitrogen and oxygen atoms in total. The van der Waals surface area contributed by atoms with E-state index >= 15 is 0 Å². The molecule has 0 aliphatic heterocycles. The standard InChI is InChI=1S/C19H22F3NO3/c1-13-4-2-3-5-16(13)23-17(24)12-26-18(25)11-8-14-6-9-15(10-7-14)19(20,21)22/h6-11,13,16H,2-5,12H2,1H3,(H,23,24)/b11-8+/t13-,16-/m1/s1. The molecule has 0 unspecified atom stereocenters. The van der Waals surface area contributed by atoms with Crippen LogP contribution in [0.15, 0.2) is 30.3 Å². The van der Waals surface area contributed by atoms with Crippen LogP contribution in [0.5, 0.6) is 0 Å². The Labute approximate surface area is 150 Å². The van der Waals surface area contributed by atoms with Crippen molar-refractivity contribution in [3.05, 3.63) is 41.5 Å². The molecule has 0 heterocycles. The summed E-state index contributed by atoms with van der Waals surface area (Å²) >= 11 is 0. The van der Waals surface area contributed by atoms with Gasteiger partial charge in [0.2, 0.25) is 0 Å². The number of halogens is 3. The SMILES string of the molecule is C[C@@H]1CCCC[C@H]1NC(=O)COC(=O)/C=C/c1ccc(C(F)(F)F)cc1. The number of hydrogen-bond donors (Lipinski definition) is 1. The molecule has 1 aromatic carbocycles. The van der Waals surface area contributed by atoms with Crippen molar-refractivity contribution < 1.29 is 27.5 Å². The number of hydrogen-bond acceptors (Lipinski definition) is 3. The third kappa shape index (κ3) is 6.20. The van der Waals surface area contributed by atoms with Gasteiger partial charge in [0.25, 0.3) is 5.91 Å². The number of benzene rings is 1. The highest BCUT2D eigenvalue weighted by molar-refractivity contribution is 5.89. The summed E-state index contributed by atoms with van der Waals surface area (Å²) in [6.45, 7) is 1.71. The fourth-order valence-electron chi connectivity index (χ4n) is 2.91. The van der Waals surface area contributed by atoms with Gasteiger partial charge in [-0.15, -0.1) is 0 Å². The van der Waals surface area contributed by atoms with Crippen LogP contribution >= 0.6 is 0 Å². The van der Waals surface area contributed by atoms with E-state index in [9.17, 15) is 22.8 Å². The molecule has 2 atom stereocenters. The van der Waals surface area contributed by atoms with Crippen LogP contribution in [0.3, 0.4) is 0 Å². The summed E-state index contributed by atoms with van der Waals surface area (Å²) in [6, 6.07) is 4.49. The van der Waals surface area contributed by atoms with E-state index in [2.05, 4.69) is 12.2 Å². The van der Waals surface area contributed by atoms with Crippen LogP contribution in [0.2, 0.25) is 0 Å². The highest BCUT2D eigenvalue weighted by Gasteiger charge is 2.29. The Kier molecular flexibility index (Phi) is 6.83. The van der Waals surface area contributed by atoms with Crippen LogP contribution in [0.4, 0.5) is 13.2 Å². The zero-order chi connectivity index (χ0) is 19.2. The summed E-state index contributed by atoms with van der Waals surface area (Å²) in [6.07, 6.45) is 2.25. The minimum absolute atomic E-state index is 0.109. The van der Waals surface area contributed by atoms with Crippen LogP contribution in [-0.2, 0) is 20.5 Å². The van der Waals surface area contributed by atoms with Gasteiger partial charge in [-0.05, 0) is 42.5 Å². The van der Waals surface area contributed by atoms with E-state index in [1.165, 1.54) is 18.2 Å². The second kappa shape index (κ2) is 8.87. The Morgan fingerprint density at radius 1 is 1.19 bits per heavy atom. The monoisotopic (exact) mass is 369 g/mol. The van der Waals surface area contributed by atoms with Crippen LogP contribution < -0.4 is 5.32 Å². The summed E-state index contributed by atoms with van der Waals surface area (Å²) in [4.78, 5) is 23.5.